The Balaban J connectivity index is 0. The average molecular weight is 1990 g/mol. The first-order valence-corrected chi connectivity index (χ1v) is 42.9. The van der Waals surface area contributed by atoms with Gasteiger partial charge in [0.2, 0.25) is 5.91 Å². The Morgan fingerprint density at radius 2 is 1.11 bits per heavy atom. The van der Waals surface area contributed by atoms with Gasteiger partial charge < -0.3 is 73.9 Å². The van der Waals surface area contributed by atoms with Crippen LogP contribution >= 0.6 is 59.4 Å². The number of methoxy groups -OCH3 is 2. The molecule has 0 atom stereocenters. The number of amides is 1. The first-order valence-electron chi connectivity index (χ1n) is 36.6. The molecule has 5 heterocycles. The van der Waals surface area contributed by atoms with Crippen LogP contribution in [0, 0.1) is 117 Å². The monoisotopic (exact) mass is 1990 g/mol. The number of ketones is 1. The van der Waals surface area contributed by atoms with Crippen molar-refractivity contribution in [3.63, 3.8) is 0 Å². The van der Waals surface area contributed by atoms with Crippen LogP contribution in [0.25, 0.3) is 27.8 Å². The van der Waals surface area contributed by atoms with Crippen molar-refractivity contribution in [1.82, 2.24) is 9.97 Å². The number of halogens is 2. The molecule has 0 spiro atoms. The van der Waals surface area contributed by atoms with Crippen LogP contribution in [0.5, 0.6) is 11.5 Å². The number of cyclic esters (lactones) is 2. The van der Waals surface area contributed by atoms with Crippen molar-refractivity contribution < 1.29 is 142 Å². The standard InChI is InChI=1S/C21H19N4O5S.C15H13N3O3S.C11H9N3S.C11H9N3.C8H9NO.C7H4Cl2N2.C7H9NO3S.C4H4O3.C3H2N2.2Na.O3S.H2S.H2/c1-13-10-20(23-14-4-7-16(29-2)8-5-14)25-21(17(13)12-22)24-15-6-9-18(30-3)19(11-15)31(26,27)28;16-7-12-13(8-22-15(12)17)10-2-1-3-11(6-10)18-14(20)4-5-21-9-19;12-5-9-10(6-15-11(9)14)7-2-1-3-8(13)4-7;1-8(10(6-12)7-13)9-3-2-4-11(14)5-9;1-6(10)7-3-2-4-8(9)5-7;1-4-2-6(8)11-7(9)5(4)3-10;1-5-2-3-6(8)4-7(5)12(9,10)11;5-3-1-2-4(6)7-3;4-2-1-3-5;;;1-4(2)3;;/h4-7,9-11H,1-3H3,(H2,23,24,25)(H,26,27,28);1-3,6,8-9H,4-5,17H2,(H,18,20);1-4,6H,13-14H2;2-5H,14H2,1H3;2-5H,9H2,1H3;2H,1H3;2-4H,8H2,1H3,(H,9,10,11);1-2H2;1H2;;;;1H2;1H/q-1;;;;;;;;;2*+1;;;/p-1. The number of benzene rings is 7. The van der Waals surface area contributed by atoms with Crippen LogP contribution in [-0.2, 0) is 59.5 Å². The fraction of sp³-hybridized carbons (Fsp3) is 0.138. The minimum atomic E-state index is -4.77. The van der Waals surface area contributed by atoms with Crippen LogP contribution in [0.15, 0.2) is 190 Å². The van der Waals surface area contributed by atoms with Crippen LogP contribution in [0.3, 0.4) is 0 Å². The first kappa shape index (κ1) is 120. The van der Waals surface area contributed by atoms with Crippen LogP contribution in [0.2, 0.25) is 10.3 Å². The predicted octanol–water partition coefficient (Wildman–Crippen LogP) is 8.88. The van der Waals surface area contributed by atoms with Gasteiger partial charge in [0.15, 0.2) is 11.6 Å². The van der Waals surface area contributed by atoms with E-state index in [1.807, 2.05) is 65.4 Å². The number of carbonyl (C=O) groups excluding carboxylic acids is 5. The van der Waals surface area contributed by atoms with Crippen molar-refractivity contribution in [2.75, 3.05) is 71.2 Å². The molecule has 1 amide bonds. The first-order chi connectivity index (χ1) is 62.0. The molecule has 1 saturated heterocycles. The SMILES string of the molecule is CC(=C(C#N)C#N)c1cccc(N)c1.CC(=O)c1cccc(N)c1.COc1[c-]cc(Nc2cc(C)c(C#N)c(Nc3ccc(OC)c(S(=O)(=O)[O-])c3)n2)cc1.Cc1cc(Cl)nc(Cl)c1C#N.Cc1ccc(N)cc1S(=O)(=O)O.N#CCC#N.N#Cc1c(-c2cccc(N)c2)csc1N.N#Cc1c(-c2cccc(NC(=O)CCOC=O)c2)csc1N.O=C1CCC(=O)O1.O=S(=O)=O.S.[HH].[Na+].[Na+]. The number of nitriles is 8. The Bertz CT molecular complexity index is 6680. The Kier molecular flexibility index (Phi) is 55.2. The van der Waals surface area contributed by atoms with Crippen molar-refractivity contribution in [1.29, 1.82) is 42.1 Å². The molecule has 1 aliphatic rings. The van der Waals surface area contributed by atoms with Gasteiger partial charge in [-0.3, -0.25) is 28.5 Å². The number of thiophene rings is 2. The van der Waals surface area contributed by atoms with E-state index in [0.717, 1.165) is 39.4 Å². The molecule has 0 aliphatic carbocycles. The molecule has 0 saturated carbocycles. The molecule has 0 bridgehead atoms. The number of nitrogens with two attached hydrogens (primary N) is 6. The third kappa shape index (κ3) is 42.1. The summed E-state index contributed by atoms with van der Waals surface area (Å²) in [6, 6.07) is 63.6. The summed E-state index contributed by atoms with van der Waals surface area (Å²) < 4.78 is 109. The maximum Gasteiger partial charge on any atom is 1.00 e. The number of nitrogen functional groups attached to an aromatic ring is 6. The quantitative estimate of drug-likeness (QED) is 0.00347. The minimum absolute atomic E-state index is 0. The van der Waals surface area contributed by atoms with E-state index in [0.29, 0.717) is 106 Å². The molecule has 11 aromatic rings. The number of carbonyl (C=O) groups is 5. The van der Waals surface area contributed by atoms with E-state index >= 15 is 0 Å². The number of pyridine rings is 2. The van der Waals surface area contributed by atoms with Gasteiger partial charge in [-0.15, -0.1) is 53.5 Å². The number of anilines is 11. The van der Waals surface area contributed by atoms with Crippen molar-refractivity contribution in [3.05, 3.63) is 247 Å². The van der Waals surface area contributed by atoms with Gasteiger partial charge in [-0.2, -0.15) is 70.1 Å². The summed E-state index contributed by atoms with van der Waals surface area (Å²) in [5.74, 6) is 0.146. The number of allylic oxidation sites excluding steroid dienone is 2. The largest absolute Gasteiger partial charge is 1.00 e. The summed E-state index contributed by atoms with van der Waals surface area (Å²) in [7, 11) is -9.20. The summed E-state index contributed by atoms with van der Waals surface area (Å²) in [4.78, 5) is 60.0. The van der Waals surface area contributed by atoms with Crippen molar-refractivity contribution >= 4 is 187 Å². The number of hydrogen-bond donors (Lipinski definition) is 10. The maximum atomic E-state index is 11.7. The molecular weight excluding hydrogens is 1910 g/mol. The zero-order valence-electron chi connectivity index (χ0n) is 72.5. The molecule has 4 aromatic heterocycles. The van der Waals surface area contributed by atoms with E-state index in [1.165, 1.54) is 54.9 Å². The number of Topliss-reactive ketones (excluding diaryl/α,β-unsaturated/α-hetero) is 1. The van der Waals surface area contributed by atoms with E-state index < -0.39 is 47.7 Å². The minimum Gasteiger partial charge on any atom is -0.744 e. The fourth-order valence-electron chi connectivity index (χ4n) is 10.1. The Morgan fingerprint density at radius 1 is 0.612 bits per heavy atom. The number of esters is 2. The van der Waals surface area contributed by atoms with Crippen LogP contribution in [0.4, 0.5) is 61.4 Å². The van der Waals surface area contributed by atoms with Crippen molar-refractivity contribution in [2.24, 2.45) is 0 Å². The van der Waals surface area contributed by atoms with Crippen molar-refractivity contribution in [2.45, 2.75) is 70.1 Å². The van der Waals surface area contributed by atoms with Gasteiger partial charge >= 0.3 is 81.7 Å². The molecule has 12 rings (SSSR count). The Morgan fingerprint density at radius 3 is 1.54 bits per heavy atom. The normalized spacial score (nSPS) is 9.96. The second-order valence-corrected chi connectivity index (χ2v) is 31.2. The van der Waals surface area contributed by atoms with Gasteiger partial charge in [0.05, 0.1) is 84.3 Å². The zero-order chi connectivity index (χ0) is 98.3. The zero-order valence-corrected chi connectivity index (χ0v) is 83.1. The molecule has 0 unspecified atom stereocenters. The molecule has 684 valence electrons. The number of aryl methyl sites for hydroxylation is 3. The summed E-state index contributed by atoms with van der Waals surface area (Å²) in [5, 5.41) is 82.7. The number of aromatic nitrogens is 2. The average Bonchev–Trinajstić information content (AvgIpc) is 1.76. The molecular formula is C87H81Cl2N19Na2O18S6. The van der Waals surface area contributed by atoms with Crippen LogP contribution in [-0.4, -0.2) is 99.5 Å². The van der Waals surface area contributed by atoms with E-state index in [-0.39, 0.29) is 156 Å². The van der Waals surface area contributed by atoms with Gasteiger partial charge in [0.1, 0.15) is 90.4 Å². The maximum absolute atomic E-state index is 11.7. The Labute approximate surface area is 843 Å². The molecule has 16 N–H and O–H groups in total. The number of hydrogen-bond acceptors (Lipinski definition) is 37. The number of nitrogens with zero attached hydrogens (tertiary/aromatic N) is 10. The Hall–Kier alpha value is -14.0. The van der Waals surface area contributed by atoms with Crippen LogP contribution in [0.1, 0.15) is 95.8 Å². The molecule has 37 nitrogen and oxygen atoms in total. The third-order valence-electron chi connectivity index (χ3n) is 16.2. The molecule has 1 fully saturated rings. The summed E-state index contributed by atoms with van der Waals surface area (Å²) in [6.45, 7) is 8.69. The molecule has 47 heteroatoms. The number of rotatable bonds is 17. The predicted molar refractivity (Wildman–Crippen MR) is 503 cm³/mol. The van der Waals surface area contributed by atoms with E-state index in [4.69, 9.17) is 121 Å². The number of ether oxygens (including phenoxy) is 4. The molecule has 1 aliphatic heterocycles. The fourth-order valence-corrected chi connectivity index (χ4v) is 13.6. The molecule has 7 aromatic carbocycles. The van der Waals surface area contributed by atoms with Crippen molar-refractivity contribution in [3.8, 4) is 82.3 Å². The second-order valence-electron chi connectivity index (χ2n) is 25.5. The van der Waals surface area contributed by atoms with Gasteiger partial charge in [-0.1, -0.05) is 83.5 Å². The van der Waals surface area contributed by atoms with Gasteiger partial charge in [-0.25, -0.2) is 18.4 Å². The van der Waals surface area contributed by atoms with E-state index in [9.17, 15) is 50.6 Å². The van der Waals surface area contributed by atoms with Gasteiger partial charge in [0.25, 0.3) is 16.6 Å². The molecule has 0 radical (unpaired) electrons. The van der Waals surface area contributed by atoms with Gasteiger partial charge in [-0.05, 0) is 165 Å². The van der Waals surface area contributed by atoms with Gasteiger partial charge in [0, 0.05) is 68.8 Å². The topological polar surface area (TPSA) is 693 Å². The second kappa shape index (κ2) is 61.6. The van der Waals surface area contributed by atoms with E-state index in [1.54, 1.807) is 150 Å². The summed E-state index contributed by atoms with van der Waals surface area (Å²) >= 11 is 13.9. The number of nitrogens with one attached hydrogen (secondary N) is 3. The third-order valence-corrected chi connectivity index (χ3v) is 20.2. The smallest absolute Gasteiger partial charge is 0.744 e. The van der Waals surface area contributed by atoms with E-state index in [2.05, 4.69) is 59.7 Å². The summed E-state index contributed by atoms with van der Waals surface area (Å²) in [5.41, 5.74) is 46.4. The molecule has 134 heavy (non-hydrogen) atoms. The summed E-state index contributed by atoms with van der Waals surface area (Å²) in [6.07, 6.45) is 0.607. The van der Waals surface area contributed by atoms with Crippen LogP contribution < -0.4 is 119 Å².